The number of nitro groups is 1. The minimum Gasteiger partial charge on any atom is -0.485 e. The Morgan fingerprint density at radius 3 is 2.86 bits per heavy atom. The van der Waals surface area contributed by atoms with E-state index in [4.69, 9.17) is 16.3 Å². The third-order valence-corrected chi connectivity index (χ3v) is 3.88. The number of nitrogens with one attached hydrogen (secondary N) is 1. The molecule has 21 heavy (non-hydrogen) atoms. The largest absolute Gasteiger partial charge is 0.485 e. The maximum atomic E-state index is 10.9. The maximum absolute atomic E-state index is 10.9. The van der Waals surface area contributed by atoms with E-state index >= 15 is 0 Å². The Balaban J connectivity index is 2.37. The molecule has 0 amide bonds. The number of rotatable bonds is 5. The van der Waals surface area contributed by atoms with Crippen molar-refractivity contribution in [2.75, 3.05) is 12.4 Å². The Kier molecular flexibility index (Phi) is 4.70. The molecule has 0 aliphatic carbocycles. The van der Waals surface area contributed by atoms with Gasteiger partial charge < -0.3 is 15.2 Å². The Hall–Kier alpha value is -1.37. The molecular weight excluding hydrogens is 296 g/mol. The van der Waals surface area contributed by atoms with E-state index in [1.165, 1.54) is 12.1 Å². The standard InChI is InChI=1S/C14H19ClN2O4/c1-14(2)13(18)12(16-7-3-6-15)10-8-9(17(19)20)4-5-11(10)21-14/h4-5,8,12-13,16,18H,3,6-7H2,1-2H3/t12-,13+/m1/s1. The predicted octanol–water partition coefficient (Wildman–Crippen LogP) is 2.39. The van der Waals surface area contributed by atoms with E-state index < -0.39 is 22.7 Å². The van der Waals surface area contributed by atoms with Crippen molar-refractivity contribution >= 4 is 17.3 Å². The molecule has 0 bridgehead atoms. The highest BCUT2D eigenvalue weighted by molar-refractivity contribution is 6.17. The van der Waals surface area contributed by atoms with Crippen molar-refractivity contribution in [2.45, 2.75) is 38.0 Å². The van der Waals surface area contributed by atoms with Gasteiger partial charge in [-0.2, -0.15) is 0 Å². The Labute approximate surface area is 128 Å². The minimum absolute atomic E-state index is 0.0200. The van der Waals surface area contributed by atoms with E-state index in [9.17, 15) is 15.2 Å². The van der Waals surface area contributed by atoms with Gasteiger partial charge in [-0.1, -0.05) is 0 Å². The first-order valence-electron chi connectivity index (χ1n) is 6.81. The molecule has 0 unspecified atom stereocenters. The van der Waals surface area contributed by atoms with E-state index in [0.29, 0.717) is 23.7 Å². The van der Waals surface area contributed by atoms with Gasteiger partial charge in [0.2, 0.25) is 0 Å². The van der Waals surface area contributed by atoms with E-state index in [1.54, 1.807) is 19.9 Å². The highest BCUT2D eigenvalue weighted by Gasteiger charge is 2.43. The van der Waals surface area contributed by atoms with Crippen LogP contribution in [0.4, 0.5) is 5.69 Å². The summed E-state index contributed by atoms with van der Waals surface area (Å²) in [7, 11) is 0. The van der Waals surface area contributed by atoms with Gasteiger partial charge in [0.1, 0.15) is 17.5 Å². The number of fused-ring (bicyclic) bond motifs is 1. The van der Waals surface area contributed by atoms with Crippen LogP contribution in [0.3, 0.4) is 0 Å². The zero-order valence-corrected chi connectivity index (χ0v) is 12.8. The van der Waals surface area contributed by atoms with E-state index in [1.807, 2.05) is 0 Å². The Morgan fingerprint density at radius 2 is 2.24 bits per heavy atom. The number of hydrogen-bond donors (Lipinski definition) is 2. The highest BCUT2D eigenvalue weighted by atomic mass is 35.5. The summed E-state index contributed by atoms with van der Waals surface area (Å²) in [6, 6.07) is 4.01. The molecule has 116 valence electrons. The van der Waals surface area contributed by atoms with E-state index in [2.05, 4.69) is 5.32 Å². The van der Waals surface area contributed by atoms with Crippen molar-refractivity contribution in [1.82, 2.24) is 5.32 Å². The third-order valence-electron chi connectivity index (χ3n) is 3.61. The summed E-state index contributed by atoms with van der Waals surface area (Å²) in [4.78, 5) is 10.5. The predicted molar refractivity (Wildman–Crippen MR) is 79.9 cm³/mol. The number of aliphatic hydroxyl groups excluding tert-OH is 1. The Bertz CT molecular complexity index is 536. The molecule has 0 aromatic heterocycles. The molecule has 0 saturated carbocycles. The zero-order valence-electron chi connectivity index (χ0n) is 12.0. The molecule has 1 aromatic carbocycles. The normalized spacial score (nSPS) is 23.2. The lowest BCUT2D eigenvalue weighted by Crippen LogP contribution is -2.52. The molecule has 1 aliphatic heterocycles. The molecular formula is C14H19ClN2O4. The molecule has 1 aromatic rings. The fourth-order valence-electron chi connectivity index (χ4n) is 2.45. The first-order valence-corrected chi connectivity index (χ1v) is 7.35. The van der Waals surface area contributed by atoms with Gasteiger partial charge in [0.25, 0.3) is 5.69 Å². The molecule has 1 heterocycles. The summed E-state index contributed by atoms with van der Waals surface area (Å²) in [6.07, 6.45) is -0.0709. The van der Waals surface area contributed by atoms with E-state index in [0.717, 1.165) is 6.42 Å². The number of nitrogens with zero attached hydrogens (tertiary/aromatic N) is 1. The molecule has 0 fully saturated rings. The topological polar surface area (TPSA) is 84.6 Å². The zero-order chi connectivity index (χ0) is 15.6. The number of nitro benzene ring substituents is 1. The van der Waals surface area contributed by atoms with Gasteiger partial charge in [0.15, 0.2) is 0 Å². The van der Waals surface area contributed by atoms with Gasteiger partial charge in [-0.3, -0.25) is 10.1 Å². The number of benzene rings is 1. The van der Waals surface area contributed by atoms with Gasteiger partial charge in [-0.05, 0) is 32.9 Å². The van der Waals surface area contributed by atoms with E-state index in [-0.39, 0.29) is 5.69 Å². The molecule has 2 atom stereocenters. The van der Waals surface area contributed by atoms with Gasteiger partial charge in [0.05, 0.1) is 11.0 Å². The molecule has 7 heteroatoms. The number of halogens is 1. The number of hydrogen-bond acceptors (Lipinski definition) is 5. The van der Waals surface area contributed by atoms with Crippen molar-refractivity contribution in [1.29, 1.82) is 0 Å². The second-order valence-electron chi connectivity index (χ2n) is 5.60. The molecule has 0 radical (unpaired) electrons. The van der Waals surface area contributed by atoms with Crippen molar-refractivity contribution in [3.8, 4) is 5.75 Å². The van der Waals surface area contributed by atoms with Crippen LogP contribution in [-0.2, 0) is 0 Å². The second kappa shape index (κ2) is 6.17. The molecule has 2 rings (SSSR count). The SMILES string of the molecule is CC1(C)Oc2ccc([N+](=O)[O-])cc2[C@@H](NCCCCl)[C@@H]1O. The lowest BCUT2D eigenvalue weighted by atomic mass is 9.86. The summed E-state index contributed by atoms with van der Waals surface area (Å²) >= 11 is 5.66. The smallest absolute Gasteiger partial charge is 0.270 e. The van der Waals surface area contributed by atoms with Crippen LogP contribution in [0.15, 0.2) is 18.2 Å². The number of ether oxygens (including phenoxy) is 1. The second-order valence-corrected chi connectivity index (χ2v) is 5.98. The van der Waals surface area contributed by atoms with Crippen LogP contribution in [0, 0.1) is 10.1 Å². The molecule has 2 N–H and O–H groups in total. The average molecular weight is 315 g/mol. The molecule has 0 saturated heterocycles. The molecule has 6 nitrogen and oxygen atoms in total. The number of non-ortho nitro benzene ring substituents is 1. The van der Waals surface area contributed by atoms with Crippen molar-refractivity contribution < 1.29 is 14.8 Å². The number of aliphatic hydroxyl groups is 1. The monoisotopic (exact) mass is 314 g/mol. The first kappa shape index (κ1) is 16.0. The van der Waals surface area contributed by atoms with Gasteiger partial charge >= 0.3 is 0 Å². The summed E-state index contributed by atoms with van der Waals surface area (Å²) in [5, 5.41) is 24.6. The van der Waals surface area contributed by atoms with Crippen LogP contribution >= 0.6 is 11.6 Å². The van der Waals surface area contributed by atoms with Crippen molar-refractivity contribution in [3.05, 3.63) is 33.9 Å². The van der Waals surface area contributed by atoms with Gasteiger partial charge in [-0.25, -0.2) is 0 Å². The van der Waals surface area contributed by atoms with Crippen LogP contribution < -0.4 is 10.1 Å². The number of alkyl halides is 1. The summed E-state index contributed by atoms with van der Waals surface area (Å²) in [6.45, 7) is 4.19. The van der Waals surface area contributed by atoms with Crippen LogP contribution in [-0.4, -0.2) is 34.2 Å². The summed E-state index contributed by atoms with van der Waals surface area (Å²) in [5.41, 5.74) is -0.194. The highest BCUT2D eigenvalue weighted by Crippen LogP contribution is 2.41. The quantitative estimate of drug-likeness (QED) is 0.377. The van der Waals surface area contributed by atoms with Crippen LogP contribution in [0.25, 0.3) is 0 Å². The fraction of sp³-hybridized carbons (Fsp3) is 0.571. The molecule has 0 spiro atoms. The summed E-state index contributed by atoms with van der Waals surface area (Å²) in [5.74, 6) is 1.07. The lowest BCUT2D eigenvalue weighted by Gasteiger charge is -2.42. The maximum Gasteiger partial charge on any atom is 0.270 e. The first-order chi connectivity index (χ1) is 9.86. The van der Waals surface area contributed by atoms with Gasteiger partial charge in [-0.15, -0.1) is 11.6 Å². The Morgan fingerprint density at radius 1 is 1.52 bits per heavy atom. The third kappa shape index (κ3) is 3.28. The van der Waals surface area contributed by atoms with Crippen LogP contribution in [0.2, 0.25) is 0 Å². The van der Waals surface area contributed by atoms with Crippen LogP contribution in [0.1, 0.15) is 31.9 Å². The van der Waals surface area contributed by atoms with Gasteiger partial charge in [0, 0.05) is 23.6 Å². The lowest BCUT2D eigenvalue weighted by molar-refractivity contribution is -0.385. The minimum atomic E-state index is -0.817. The molecule has 1 aliphatic rings. The van der Waals surface area contributed by atoms with Crippen molar-refractivity contribution in [3.63, 3.8) is 0 Å². The average Bonchev–Trinajstić information content (AvgIpc) is 2.42. The van der Waals surface area contributed by atoms with Crippen molar-refractivity contribution in [2.24, 2.45) is 0 Å². The summed E-state index contributed by atoms with van der Waals surface area (Å²) < 4.78 is 5.76. The fourth-order valence-corrected chi connectivity index (χ4v) is 2.58. The van der Waals surface area contributed by atoms with Crippen LogP contribution in [0.5, 0.6) is 5.75 Å².